The lowest BCUT2D eigenvalue weighted by Crippen LogP contribution is -2.38. The molecule has 1 aromatic heterocycles. The minimum absolute atomic E-state index is 0.272. The molecule has 0 aliphatic carbocycles. The van der Waals surface area contributed by atoms with Crippen molar-refractivity contribution in [3.05, 3.63) is 17.5 Å². The average Bonchev–Trinajstić information content (AvgIpc) is 2.78. The molecule has 1 aliphatic heterocycles. The Morgan fingerprint density at radius 1 is 1.50 bits per heavy atom. The second-order valence-electron chi connectivity index (χ2n) is 5.07. The molecule has 1 aliphatic rings. The van der Waals surface area contributed by atoms with E-state index in [4.69, 9.17) is 9.63 Å². The number of aryl methyl sites for hydroxylation is 1. The van der Waals surface area contributed by atoms with Crippen LogP contribution < -0.4 is 5.32 Å². The summed E-state index contributed by atoms with van der Waals surface area (Å²) in [6.45, 7) is 7.04. The molecular formula is C13H23N3O2. The van der Waals surface area contributed by atoms with Crippen molar-refractivity contribution >= 4 is 0 Å². The predicted octanol–water partition coefficient (Wildman–Crippen LogP) is 0.777. The first-order valence-electron chi connectivity index (χ1n) is 6.74. The van der Waals surface area contributed by atoms with Crippen molar-refractivity contribution in [3.63, 3.8) is 0 Å². The van der Waals surface area contributed by atoms with E-state index in [1.165, 1.54) is 12.8 Å². The zero-order valence-corrected chi connectivity index (χ0v) is 11.1. The van der Waals surface area contributed by atoms with Crippen LogP contribution in [0.2, 0.25) is 0 Å². The van der Waals surface area contributed by atoms with Crippen molar-refractivity contribution in [1.82, 2.24) is 15.4 Å². The van der Waals surface area contributed by atoms with Crippen LogP contribution in [0.1, 0.15) is 24.3 Å². The van der Waals surface area contributed by atoms with Crippen molar-refractivity contribution in [2.24, 2.45) is 5.92 Å². The molecule has 1 fully saturated rings. The zero-order chi connectivity index (χ0) is 12.8. The van der Waals surface area contributed by atoms with Gasteiger partial charge in [0.1, 0.15) is 5.76 Å². The molecule has 1 aromatic rings. The van der Waals surface area contributed by atoms with E-state index < -0.39 is 0 Å². The molecule has 102 valence electrons. The van der Waals surface area contributed by atoms with Gasteiger partial charge in [-0.25, -0.2) is 0 Å². The van der Waals surface area contributed by atoms with Crippen LogP contribution >= 0.6 is 0 Å². The molecule has 2 heterocycles. The van der Waals surface area contributed by atoms with Crippen LogP contribution in [0, 0.1) is 12.8 Å². The SMILES string of the molecule is Cc1cc(CNCC2CCN(CCO)CC2)no1. The second-order valence-corrected chi connectivity index (χ2v) is 5.07. The van der Waals surface area contributed by atoms with Gasteiger partial charge in [0.25, 0.3) is 0 Å². The summed E-state index contributed by atoms with van der Waals surface area (Å²) in [4.78, 5) is 2.33. The highest BCUT2D eigenvalue weighted by atomic mass is 16.5. The van der Waals surface area contributed by atoms with E-state index in [2.05, 4.69) is 15.4 Å². The van der Waals surface area contributed by atoms with Crippen LogP contribution in [0.15, 0.2) is 10.6 Å². The number of nitrogens with one attached hydrogen (secondary N) is 1. The van der Waals surface area contributed by atoms with Crippen molar-refractivity contribution in [2.75, 3.05) is 32.8 Å². The van der Waals surface area contributed by atoms with Crippen LogP contribution in [0.5, 0.6) is 0 Å². The molecule has 0 unspecified atom stereocenters. The lowest BCUT2D eigenvalue weighted by Gasteiger charge is -2.31. The Morgan fingerprint density at radius 2 is 2.28 bits per heavy atom. The fourth-order valence-electron chi connectivity index (χ4n) is 2.46. The van der Waals surface area contributed by atoms with Crippen molar-refractivity contribution in [2.45, 2.75) is 26.3 Å². The molecule has 2 N–H and O–H groups in total. The average molecular weight is 253 g/mol. The van der Waals surface area contributed by atoms with E-state index in [1.54, 1.807) is 0 Å². The maximum atomic E-state index is 8.88. The van der Waals surface area contributed by atoms with Gasteiger partial charge in [0.2, 0.25) is 0 Å². The Bertz CT molecular complexity index is 346. The quantitative estimate of drug-likeness (QED) is 0.784. The van der Waals surface area contributed by atoms with Crippen LogP contribution in [-0.2, 0) is 6.54 Å². The molecule has 2 rings (SSSR count). The van der Waals surface area contributed by atoms with Gasteiger partial charge in [-0.15, -0.1) is 0 Å². The number of hydrogen-bond acceptors (Lipinski definition) is 5. The number of hydrogen-bond donors (Lipinski definition) is 2. The highest BCUT2D eigenvalue weighted by Gasteiger charge is 2.18. The van der Waals surface area contributed by atoms with Crippen LogP contribution in [0.4, 0.5) is 0 Å². The Morgan fingerprint density at radius 3 is 2.89 bits per heavy atom. The van der Waals surface area contributed by atoms with Gasteiger partial charge in [0.05, 0.1) is 12.3 Å². The Labute approximate surface area is 108 Å². The Hall–Kier alpha value is -0.910. The summed E-state index contributed by atoms with van der Waals surface area (Å²) < 4.78 is 5.03. The number of piperidine rings is 1. The van der Waals surface area contributed by atoms with Gasteiger partial charge in [-0.3, -0.25) is 0 Å². The molecule has 5 nitrogen and oxygen atoms in total. The number of aliphatic hydroxyl groups excluding tert-OH is 1. The van der Waals surface area contributed by atoms with Crippen LogP contribution in [0.3, 0.4) is 0 Å². The van der Waals surface area contributed by atoms with E-state index >= 15 is 0 Å². The molecule has 0 spiro atoms. The van der Waals surface area contributed by atoms with E-state index in [0.717, 1.165) is 50.1 Å². The highest BCUT2D eigenvalue weighted by molar-refractivity contribution is 5.02. The van der Waals surface area contributed by atoms with Gasteiger partial charge in [-0.1, -0.05) is 5.16 Å². The minimum atomic E-state index is 0.272. The molecule has 0 amide bonds. The van der Waals surface area contributed by atoms with Crippen molar-refractivity contribution < 1.29 is 9.63 Å². The highest BCUT2D eigenvalue weighted by Crippen LogP contribution is 2.16. The van der Waals surface area contributed by atoms with E-state index in [9.17, 15) is 0 Å². The third-order valence-electron chi connectivity index (χ3n) is 3.54. The largest absolute Gasteiger partial charge is 0.395 e. The monoisotopic (exact) mass is 253 g/mol. The number of aromatic nitrogens is 1. The van der Waals surface area contributed by atoms with E-state index in [1.807, 2.05) is 13.0 Å². The Balaban J connectivity index is 1.60. The van der Waals surface area contributed by atoms with E-state index in [0.29, 0.717) is 0 Å². The number of rotatable bonds is 6. The smallest absolute Gasteiger partial charge is 0.133 e. The van der Waals surface area contributed by atoms with Crippen LogP contribution in [-0.4, -0.2) is 47.9 Å². The normalized spacial score (nSPS) is 18.3. The van der Waals surface area contributed by atoms with Gasteiger partial charge < -0.3 is 19.8 Å². The predicted molar refractivity (Wildman–Crippen MR) is 69.2 cm³/mol. The molecule has 0 atom stereocenters. The van der Waals surface area contributed by atoms with Gasteiger partial charge >= 0.3 is 0 Å². The first kappa shape index (κ1) is 13.5. The van der Waals surface area contributed by atoms with Crippen LogP contribution in [0.25, 0.3) is 0 Å². The zero-order valence-electron chi connectivity index (χ0n) is 11.1. The summed E-state index contributed by atoms with van der Waals surface area (Å²) in [7, 11) is 0. The maximum absolute atomic E-state index is 8.88. The summed E-state index contributed by atoms with van der Waals surface area (Å²) >= 11 is 0. The first-order valence-corrected chi connectivity index (χ1v) is 6.74. The summed E-state index contributed by atoms with van der Waals surface area (Å²) in [6, 6.07) is 1.97. The van der Waals surface area contributed by atoms with Gasteiger partial charge in [0.15, 0.2) is 0 Å². The van der Waals surface area contributed by atoms with Gasteiger partial charge in [0, 0.05) is 19.2 Å². The lowest BCUT2D eigenvalue weighted by molar-refractivity contribution is 0.146. The minimum Gasteiger partial charge on any atom is -0.395 e. The third kappa shape index (κ3) is 4.08. The second kappa shape index (κ2) is 6.87. The summed E-state index contributed by atoms with van der Waals surface area (Å²) in [5.41, 5.74) is 0.977. The summed E-state index contributed by atoms with van der Waals surface area (Å²) in [6.07, 6.45) is 2.43. The summed E-state index contributed by atoms with van der Waals surface area (Å²) in [5, 5.41) is 16.3. The van der Waals surface area contributed by atoms with E-state index in [-0.39, 0.29) is 6.61 Å². The van der Waals surface area contributed by atoms with Gasteiger partial charge in [-0.05, 0) is 45.3 Å². The Kier molecular flexibility index (Phi) is 5.16. The van der Waals surface area contributed by atoms with Gasteiger partial charge in [-0.2, -0.15) is 0 Å². The number of likely N-dealkylation sites (tertiary alicyclic amines) is 1. The molecule has 0 saturated carbocycles. The third-order valence-corrected chi connectivity index (χ3v) is 3.54. The maximum Gasteiger partial charge on any atom is 0.133 e. The fraction of sp³-hybridized carbons (Fsp3) is 0.769. The molecule has 5 heteroatoms. The molecule has 0 bridgehead atoms. The molecule has 0 aromatic carbocycles. The van der Waals surface area contributed by atoms with Crippen molar-refractivity contribution in [3.8, 4) is 0 Å². The number of nitrogens with zero attached hydrogens (tertiary/aromatic N) is 2. The lowest BCUT2D eigenvalue weighted by atomic mass is 9.97. The number of β-amino-alcohol motifs (C(OH)–C–C–N with tert-alkyl or cyclic N) is 1. The fourth-order valence-corrected chi connectivity index (χ4v) is 2.46. The first-order chi connectivity index (χ1) is 8.78. The standard InChI is InChI=1S/C13H23N3O2/c1-11-8-13(15-18-11)10-14-9-12-2-4-16(5-3-12)6-7-17/h8,12,14,17H,2-7,9-10H2,1H3. The number of aliphatic hydroxyl groups is 1. The molecular weight excluding hydrogens is 230 g/mol. The molecule has 18 heavy (non-hydrogen) atoms. The summed E-state index contributed by atoms with van der Waals surface area (Å²) in [5.74, 6) is 1.61. The van der Waals surface area contributed by atoms with Crippen molar-refractivity contribution in [1.29, 1.82) is 0 Å². The topological polar surface area (TPSA) is 61.5 Å². The molecule has 1 saturated heterocycles. The molecule has 0 radical (unpaired) electrons.